The van der Waals surface area contributed by atoms with E-state index in [0.717, 1.165) is 10.9 Å². The number of hydrogen-bond donors (Lipinski definition) is 0. The van der Waals surface area contributed by atoms with Crippen LogP contribution in [0.4, 0.5) is 0 Å². The molecule has 0 radical (unpaired) electrons. The van der Waals surface area contributed by atoms with Crippen LogP contribution >= 0.6 is 0 Å². The van der Waals surface area contributed by atoms with Gasteiger partial charge < -0.3 is 9.15 Å². The molecule has 0 amide bonds. The lowest BCUT2D eigenvalue weighted by atomic mass is 10.0. The monoisotopic (exact) mass is 256 g/mol. The zero-order valence-electron chi connectivity index (χ0n) is 11.3. The van der Waals surface area contributed by atoms with Crippen LogP contribution in [-0.2, 0) is 6.42 Å². The van der Waals surface area contributed by atoms with Crippen molar-refractivity contribution in [3.8, 4) is 5.75 Å². The predicted molar refractivity (Wildman–Crippen MR) is 74.7 cm³/mol. The summed E-state index contributed by atoms with van der Waals surface area (Å²) >= 11 is 0. The van der Waals surface area contributed by atoms with Crippen molar-refractivity contribution in [2.75, 3.05) is 0 Å². The van der Waals surface area contributed by atoms with Crippen molar-refractivity contribution in [2.45, 2.75) is 33.3 Å². The van der Waals surface area contributed by atoms with Gasteiger partial charge in [-0.3, -0.25) is 0 Å². The highest BCUT2D eigenvalue weighted by molar-refractivity contribution is 5.90. The minimum atomic E-state index is -0.300. The van der Waals surface area contributed by atoms with Crippen LogP contribution in [0.2, 0.25) is 0 Å². The Hall–Kier alpha value is -2.03. The summed E-state index contributed by atoms with van der Waals surface area (Å²) in [5.41, 5.74) is 3.19. The van der Waals surface area contributed by atoms with Gasteiger partial charge in [-0.25, -0.2) is 4.79 Å². The minimum Gasteiger partial charge on any atom is -0.485 e. The molecule has 0 saturated carbocycles. The summed E-state index contributed by atoms with van der Waals surface area (Å²) in [6.07, 6.45) is 2.54. The van der Waals surface area contributed by atoms with E-state index in [9.17, 15) is 4.79 Å². The first-order valence-corrected chi connectivity index (χ1v) is 6.46. The van der Waals surface area contributed by atoms with Crippen LogP contribution in [0.1, 0.15) is 38.0 Å². The first-order valence-electron chi connectivity index (χ1n) is 6.46. The van der Waals surface area contributed by atoms with Gasteiger partial charge in [-0.2, -0.15) is 0 Å². The molecule has 1 aliphatic heterocycles. The van der Waals surface area contributed by atoms with E-state index in [4.69, 9.17) is 9.15 Å². The van der Waals surface area contributed by atoms with E-state index < -0.39 is 0 Å². The van der Waals surface area contributed by atoms with E-state index in [-0.39, 0.29) is 11.7 Å². The molecule has 1 aliphatic rings. The van der Waals surface area contributed by atoms with Crippen molar-refractivity contribution in [2.24, 2.45) is 0 Å². The van der Waals surface area contributed by atoms with E-state index in [1.54, 1.807) is 0 Å². The maximum Gasteiger partial charge on any atom is 0.343 e. The summed E-state index contributed by atoms with van der Waals surface area (Å²) in [4.78, 5) is 12.1. The highest BCUT2D eigenvalue weighted by Crippen LogP contribution is 2.42. The van der Waals surface area contributed by atoms with Gasteiger partial charge in [0, 0.05) is 12.0 Å². The summed E-state index contributed by atoms with van der Waals surface area (Å²) in [7, 11) is 0. The summed E-state index contributed by atoms with van der Waals surface area (Å²) in [6.45, 7) is 6.01. The Labute approximate surface area is 111 Å². The molecular weight excluding hydrogens is 240 g/mol. The molecule has 0 spiro atoms. The average Bonchev–Trinajstić information content (AvgIpc) is 2.68. The van der Waals surface area contributed by atoms with Gasteiger partial charge in [-0.1, -0.05) is 23.8 Å². The van der Waals surface area contributed by atoms with Gasteiger partial charge in [-0.15, -0.1) is 0 Å². The molecule has 98 valence electrons. The van der Waals surface area contributed by atoms with E-state index in [1.165, 1.54) is 5.57 Å². The van der Waals surface area contributed by atoms with Crippen LogP contribution in [0.5, 0.6) is 5.75 Å². The van der Waals surface area contributed by atoms with Gasteiger partial charge in [0.1, 0.15) is 17.4 Å². The molecule has 1 atom stereocenters. The summed E-state index contributed by atoms with van der Waals surface area (Å²) in [5.74, 6) is 0.701. The normalized spacial score (nSPS) is 16.5. The van der Waals surface area contributed by atoms with Crippen LogP contribution in [0.25, 0.3) is 11.0 Å². The Kier molecular flexibility index (Phi) is 2.70. The summed E-state index contributed by atoms with van der Waals surface area (Å²) < 4.78 is 11.3. The molecule has 0 aliphatic carbocycles. The highest BCUT2D eigenvalue weighted by Gasteiger charge is 2.27. The van der Waals surface area contributed by atoms with Gasteiger partial charge >= 0.3 is 5.63 Å². The Morgan fingerprint density at radius 2 is 2.16 bits per heavy atom. The zero-order valence-corrected chi connectivity index (χ0v) is 11.3. The van der Waals surface area contributed by atoms with Crippen molar-refractivity contribution < 1.29 is 9.15 Å². The van der Waals surface area contributed by atoms with Crippen LogP contribution in [0.15, 0.2) is 39.1 Å². The second kappa shape index (κ2) is 4.26. The fraction of sp³-hybridized carbons (Fsp3) is 0.312. The van der Waals surface area contributed by atoms with E-state index >= 15 is 0 Å². The highest BCUT2D eigenvalue weighted by atomic mass is 16.5. The van der Waals surface area contributed by atoms with Crippen LogP contribution in [-0.4, -0.2) is 0 Å². The van der Waals surface area contributed by atoms with Gasteiger partial charge in [0.05, 0.1) is 10.9 Å². The largest absolute Gasteiger partial charge is 0.485 e. The molecule has 19 heavy (non-hydrogen) atoms. The fourth-order valence-corrected chi connectivity index (χ4v) is 2.47. The van der Waals surface area contributed by atoms with Gasteiger partial charge in [-0.05, 0) is 26.8 Å². The Bertz CT molecular complexity index is 733. The molecular formula is C16H16O3. The third-order valence-corrected chi connectivity index (χ3v) is 3.46. The molecule has 1 aromatic heterocycles. The molecule has 3 heteroatoms. The quantitative estimate of drug-likeness (QED) is 0.606. The number of rotatable bonds is 2. The molecule has 0 fully saturated rings. The topological polar surface area (TPSA) is 39.4 Å². The molecule has 2 heterocycles. The number of ether oxygens (including phenoxy) is 1. The maximum atomic E-state index is 12.1. The maximum absolute atomic E-state index is 12.1. The summed E-state index contributed by atoms with van der Waals surface area (Å²) in [5, 5.41) is 0.951. The average molecular weight is 256 g/mol. The minimum absolute atomic E-state index is 0.0267. The van der Waals surface area contributed by atoms with Crippen LogP contribution in [0, 0.1) is 0 Å². The second-order valence-corrected chi connectivity index (χ2v) is 5.16. The Morgan fingerprint density at radius 3 is 2.89 bits per heavy atom. The molecule has 3 rings (SSSR count). The first kappa shape index (κ1) is 12.0. The molecule has 3 nitrogen and oxygen atoms in total. The van der Waals surface area contributed by atoms with E-state index in [0.29, 0.717) is 23.3 Å². The molecule has 2 aromatic rings. The van der Waals surface area contributed by atoms with Crippen molar-refractivity contribution in [1.82, 2.24) is 0 Å². The third-order valence-electron chi connectivity index (χ3n) is 3.46. The number of allylic oxidation sites excluding steroid dienone is 2. The second-order valence-electron chi connectivity index (χ2n) is 5.16. The van der Waals surface area contributed by atoms with Gasteiger partial charge in [0.15, 0.2) is 0 Å². The van der Waals surface area contributed by atoms with E-state index in [2.05, 4.69) is 0 Å². The lowest BCUT2D eigenvalue weighted by Gasteiger charge is -2.07. The first-order chi connectivity index (χ1) is 9.08. The fourth-order valence-electron chi connectivity index (χ4n) is 2.47. The molecule has 0 N–H and O–H groups in total. The van der Waals surface area contributed by atoms with Gasteiger partial charge in [0.2, 0.25) is 0 Å². The van der Waals surface area contributed by atoms with Crippen molar-refractivity contribution in [3.63, 3.8) is 0 Å². The van der Waals surface area contributed by atoms with Crippen molar-refractivity contribution in [3.05, 3.63) is 51.4 Å². The Balaban J connectivity index is 2.28. The number of benzene rings is 1. The predicted octanol–water partition coefficient (Wildman–Crippen LogP) is 3.76. The van der Waals surface area contributed by atoms with E-state index in [1.807, 2.05) is 45.0 Å². The zero-order chi connectivity index (χ0) is 13.6. The SMILES string of the molecule is CC(C)=CCc1c2c3c(cccc3oc1=O)C(C)O2. The molecule has 1 unspecified atom stereocenters. The third kappa shape index (κ3) is 1.86. The Morgan fingerprint density at radius 1 is 1.37 bits per heavy atom. The standard InChI is InChI=1S/C16H16O3/c1-9(2)7-8-12-15-14-11(10(3)18-15)5-4-6-13(14)19-16(12)17/h4-7,10H,8H2,1-3H3. The van der Waals surface area contributed by atoms with Crippen LogP contribution < -0.4 is 10.4 Å². The van der Waals surface area contributed by atoms with Crippen molar-refractivity contribution in [1.29, 1.82) is 0 Å². The number of hydrogen-bond acceptors (Lipinski definition) is 3. The molecule has 0 saturated heterocycles. The lowest BCUT2D eigenvalue weighted by Crippen LogP contribution is -2.08. The van der Waals surface area contributed by atoms with Crippen LogP contribution in [0.3, 0.4) is 0 Å². The smallest absolute Gasteiger partial charge is 0.343 e. The molecule has 0 bridgehead atoms. The lowest BCUT2D eigenvalue weighted by molar-refractivity contribution is 0.243. The van der Waals surface area contributed by atoms with Gasteiger partial charge in [0.25, 0.3) is 0 Å². The van der Waals surface area contributed by atoms with Crippen molar-refractivity contribution >= 4 is 11.0 Å². The summed E-state index contributed by atoms with van der Waals surface area (Å²) in [6, 6.07) is 5.73. The molecule has 1 aromatic carbocycles.